The summed E-state index contributed by atoms with van der Waals surface area (Å²) >= 11 is 1.23. The average Bonchev–Trinajstić information content (AvgIpc) is 3.37. The Kier molecular flexibility index (Phi) is 3.87. The number of aromatic nitrogens is 3. The molecule has 1 aliphatic heterocycles. The Bertz CT molecular complexity index is 901. The van der Waals surface area contributed by atoms with Gasteiger partial charge in [-0.25, -0.2) is 9.89 Å². The summed E-state index contributed by atoms with van der Waals surface area (Å²) in [6.07, 6.45) is 1.91. The van der Waals surface area contributed by atoms with Crippen molar-refractivity contribution in [2.24, 2.45) is 0 Å². The second-order valence-corrected chi connectivity index (χ2v) is 7.47. The number of anilines is 2. The predicted octanol–water partition coefficient (Wildman–Crippen LogP) is 1.37. The van der Waals surface area contributed by atoms with Gasteiger partial charge in [0.2, 0.25) is 11.8 Å². The van der Waals surface area contributed by atoms with E-state index in [9.17, 15) is 14.4 Å². The zero-order valence-corrected chi connectivity index (χ0v) is 14.4. The highest BCUT2D eigenvalue weighted by Crippen LogP contribution is 2.37. The summed E-state index contributed by atoms with van der Waals surface area (Å²) in [6, 6.07) is 7.38. The molecule has 0 radical (unpaired) electrons. The molecule has 1 fully saturated rings. The van der Waals surface area contributed by atoms with Gasteiger partial charge in [0.05, 0.1) is 16.6 Å². The van der Waals surface area contributed by atoms with E-state index in [2.05, 4.69) is 15.5 Å². The molecule has 2 N–H and O–H groups in total. The van der Waals surface area contributed by atoms with Gasteiger partial charge in [-0.3, -0.25) is 19.1 Å². The molecule has 1 aliphatic carbocycles. The number of amides is 2. The van der Waals surface area contributed by atoms with Crippen LogP contribution in [0.25, 0.3) is 0 Å². The summed E-state index contributed by atoms with van der Waals surface area (Å²) in [7, 11) is 0. The number of para-hydroxylation sites is 2. The van der Waals surface area contributed by atoms with E-state index in [1.54, 1.807) is 23.6 Å². The number of H-pyrrole nitrogens is 1. The van der Waals surface area contributed by atoms with E-state index in [1.807, 2.05) is 12.1 Å². The fourth-order valence-electron chi connectivity index (χ4n) is 2.89. The highest BCUT2D eigenvalue weighted by Gasteiger charge is 2.33. The number of nitrogens with one attached hydrogen (secondary N) is 2. The van der Waals surface area contributed by atoms with Crippen LogP contribution in [-0.4, -0.2) is 38.4 Å². The number of hydrogen-bond acceptors (Lipinski definition) is 5. The van der Waals surface area contributed by atoms with Crippen molar-refractivity contribution >= 4 is 35.0 Å². The van der Waals surface area contributed by atoms with Crippen LogP contribution in [0.2, 0.25) is 0 Å². The maximum atomic E-state index is 12.9. The number of thioether (sulfide) groups is 1. The first kappa shape index (κ1) is 15.9. The van der Waals surface area contributed by atoms with Gasteiger partial charge in [-0.15, -0.1) is 5.10 Å². The number of rotatable bonds is 4. The fourth-order valence-corrected chi connectivity index (χ4v) is 3.87. The summed E-state index contributed by atoms with van der Waals surface area (Å²) < 4.78 is 1.62. The van der Waals surface area contributed by atoms with Crippen molar-refractivity contribution in [3.8, 4) is 0 Å². The predicted molar refractivity (Wildman–Crippen MR) is 93.9 cm³/mol. The van der Waals surface area contributed by atoms with Crippen molar-refractivity contribution < 1.29 is 9.59 Å². The minimum atomic E-state index is -0.480. The van der Waals surface area contributed by atoms with Crippen molar-refractivity contribution in [2.45, 2.75) is 36.2 Å². The van der Waals surface area contributed by atoms with E-state index >= 15 is 0 Å². The maximum absolute atomic E-state index is 12.9. The molecule has 2 amide bonds. The summed E-state index contributed by atoms with van der Waals surface area (Å²) in [5.74, 6) is -0.413. The van der Waals surface area contributed by atoms with Gasteiger partial charge in [0.15, 0.2) is 5.16 Å². The maximum Gasteiger partial charge on any atom is 0.344 e. The van der Waals surface area contributed by atoms with Gasteiger partial charge >= 0.3 is 5.69 Å². The van der Waals surface area contributed by atoms with E-state index in [4.69, 9.17) is 0 Å². The minimum Gasteiger partial charge on any atom is -0.323 e. The Morgan fingerprint density at radius 2 is 2.08 bits per heavy atom. The molecule has 9 heteroatoms. The molecule has 2 aliphatic rings. The molecule has 0 spiro atoms. The number of benzene rings is 1. The smallest absolute Gasteiger partial charge is 0.323 e. The van der Waals surface area contributed by atoms with Crippen molar-refractivity contribution in [1.29, 1.82) is 0 Å². The molecular formula is C16H17N5O3S. The minimum absolute atomic E-state index is 0.0171. The molecule has 4 rings (SSSR count). The van der Waals surface area contributed by atoms with Crippen molar-refractivity contribution in [1.82, 2.24) is 14.8 Å². The molecule has 1 aromatic heterocycles. The molecule has 2 aromatic rings. The number of nitrogens with zero attached hydrogens (tertiary/aromatic N) is 3. The van der Waals surface area contributed by atoms with Crippen LogP contribution >= 0.6 is 11.8 Å². The SMILES string of the molecule is C[C@@H](Sc1n[nH]c(=O)n1C1CC1)C(=O)N1CC(=O)Nc2ccccc21. The Hall–Kier alpha value is -2.55. The largest absolute Gasteiger partial charge is 0.344 e. The van der Waals surface area contributed by atoms with Gasteiger partial charge < -0.3 is 5.32 Å². The quantitative estimate of drug-likeness (QED) is 0.803. The van der Waals surface area contributed by atoms with E-state index in [0.29, 0.717) is 16.5 Å². The second-order valence-electron chi connectivity index (χ2n) is 6.16. The fraction of sp³-hybridized carbons (Fsp3) is 0.375. The Labute approximate surface area is 147 Å². The van der Waals surface area contributed by atoms with Crippen LogP contribution in [0.3, 0.4) is 0 Å². The molecule has 2 heterocycles. The lowest BCUT2D eigenvalue weighted by Gasteiger charge is -2.30. The van der Waals surface area contributed by atoms with Gasteiger partial charge in [0.25, 0.3) is 0 Å². The average molecular weight is 359 g/mol. The van der Waals surface area contributed by atoms with Gasteiger partial charge in [-0.2, -0.15) is 0 Å². The first-order chi connectivity index (χ1) is 12.0. The lowest BCUT2D eigenvalue weighted by molar-refractivity contribution is -0.121. The summed E-state index contributed by atoms with van der Waals surface area (Å²) in [5.41, 5.74) is 1.06. The van der Waals surface area contributed by atoms with Gasteiger partial charge in [-0.05, 0) is 31.9 Å². The first-order valence-corrected chi connectivity index (χ1v) is 8.96. The van der Waals surface area contributed by atoms with Crippen molar-refractivity contribution in [2.75, 3.05) is 16.8 Å². The van der Waals surface area contributed by atoms with E-state index < -0.39 is 5.25 Å². The van der Waals surface area contributed by atoms with Crippen molar-refractivity contribution in [3.63, 3.8) is 0 Å². The molecule has 130 valence electrons. The number of carbonyl (C=O) groups excluding carboxylic acids is 2. The van der Waals surface area contributed by atoms with Gasteiger partial charge in [0, 0.05) is 6.04 Å². The Balaban J connectivity index is 1.57. The van der Waals surface area contributed by atoms with Crippen LogP contribution in [0.15, 0.2) is 34.2 Å². The van der Waals surface area contributed by atoms with Crippen LogP contribution in [-0.2, 0) is 9.59 Å². The lowest BCUT2D eigenvalue weighted by Crippen LogP contribution is -2.45. The zero-order chi connectivity index (χ0) is 17.6. The van der Waals surface area contributed by atoms with Gasteiger partial charge in [-0.1, -0.05) is 23.9 Å². The van der Waals surface area contributed by atoms with E-state index in [-0.39, 0.29) is 30.1 Å². The lowest BCUT2D eigenvalue weighted by atomic mass is 10.2. The summed E-state index contributed by atoms with van der Waals surface area (Å²) in [5, 5.41) is 9.30. The van der Waals surface area contributed by atoms with Crippen molar-refractivity contribution in [3.05, 3.63) is 34.7 Å². The molecule has 1 atom stereocenters. The molecule has 1 saturated carbocycles. The van der Waals surface area contributed by atoms with Crippen LogP contribution < -0.4 is 15.9 Å². The van der Waals surface area contributed by atoms with Crippen LogP contribution in [0.1, 0.15) is 25.8 Å². The summed E-state index contributed by atoms with van der Waals surface area (Å²) in [4.78, 5) is 38.2. The molecule has 1 aromatic carbocycles. The number of fused-ring (bicyclic) bond motifs is 1. The normalized spacial score (nSPS) is 17.8. The van der Waals surface area contributed by atoms with Crippen LogP contribution in [0.5, 0.6) is 0 Å². The number of aromatic amines is 1. The molecule has 0 bridgehead atoms. The topological polar surface area (TPSA) is 100 Å². The molecule has 0 saturated heterocycles. The molecular weight excluding hydrogens is 342 g/mol. The van der Waals surface area contributed by atoms with E-state index in [1.165, 1.54) is 16.7 Å². The Morgan fingerprint density at radius 3 is 2.84 bits per heavy atom. The highest BCUT2D eigenvalue weighted by molar-refractivity contribution is 8.00. The zero-order valence-electron chi connectivity index (χ0n) is 13.6. The highest BCUT2D eigenvalue weighted by atomic mass is 32.2. The number of carbonyl (C=O) groups is 2. The van der Waals surface area contributed by atoms with E-state index in [0.717, 1.165) is 12.8 Å². The summed E-state index contributed by atoms with van der Waals surface area (Å²) in [6.45, 7) is 1.75. The Morgan fingerprint density at radius 1 is 1.32 bits per heavy atom. The molecule has 25 heavy (non-hydrogen) atoms. The van der Waals surface area contributed by atoms with Crippen LogP contribution in [0, 0.1) is 0 Å². The third-order valence-electron chi connectivity index (χ3n) is 4.25. The molecule has 8 nitrogen and oxygen atoms in total. The van der Waals surface area contributed by atoms with Crippen LogP contribution in [0.4, 0.5) is 11.4 Å². The standard InChI is InChI=1S/C16H17N5O3S/c1-9(25-16-19-18-15(24)21(16)10-6-7-10)14(23)20-8-13(22)17-11-4-2-3-5-12(11)20/h2-5,9-10H,6-8H2,1H3,(H,17,22)(H,18,24)/t9-/m1/s1. The monoisotopic (exact) mass is 359 g/mol. The number of hydrogen-bond donors (Lipinski definition) is 2. The third-order valence-corrected chi connectivity index (χ3v) is 5.30. The first-order valence-electron chi connectivity index (χ1n) is 8.08. The molecule has 0 unspecified atom stereocenters. The third kappa shape index (κ3) is 2.95. The van der Waals surface area contributed by atoms with Gasteiger partial charge in [0.1, 0.15) is 6.54 Å². The second kappa shape index (κ2) is 6.07.